The first-order valence-corrected chi connectivity index (χ1v) is 8.73. The van der Waals surface area contributed by atoms with Crippen LogP contribution in [-0.4, -0.2) is 29.7 Å². The molecule has 1 aromatic rings. The van der Waals surface area contributed by atoms with Gasteiger partial charge in [0.2, 0.25) is 0 Å². The van der Waals surface area contributed by atoms with Crippen LogP contribution < -0.4 is 11.1 Å². The topological polar surface area (TPSA) is 98.3 Å². The summed E-state index contributed by atoms with van der Waals surface area (Å²) in [6, 6.07) is 4.64. The van der Waals surface area contributed by atoms with Gasteiger partial charge in [-0.25, -0.2) is 0 Å². The molecule has 0 fully saturated rings. The second-order valence-corrected chi connectivity index (χ2v) is 7.16. The van der Waals surface area contributed by atoms with Gasteiger partial charge in [0.1, 0.15) is 0 Å². The van der Waals surface area contributed by atoms with Crippen molar-refractivity contribution in [2.75, 3.05) is 18.8 Å². The number of rotatable bonds is 9. The summed E-state index contributed by atoms with van der Waals surface area (Å²) in [4.78, 5) is 23.5. The molecule has 0 aliphatic carbocycles. The number of nitrogens with two attached hydrogens (primary N) is 1. The summed E-state index contributed by atoms with van der Waals surface area (Å²) in [5, 5.41) is 14.0. The van der Waals surface area contributed by atoms with Crippen LogP contribution in [0.4, 0.5) is 5.69 Å². The molecule has 6 nitrogen and oxygen atoms in total. The van der Waals surface area contributed by atoms with E-state index in [4.69, 9.17) is 5.73 Å². The average molecular weight is 339 g/mol. The molecule has 0 saturated heterocycles. The molecule has 0 bridgehead atoms. The van der Waals surface area contributed by atoms with Crippen molar-refractivity contribution in [2.24, 2.45) is 17.6 Å². The lowest BCUT2D eigenvalue weighted by Gasteiger charge is -2.11. The molecule has 1 amide bonds. The van der Waals surface area contributed by atoms with Gasteiger partial charge in [-0.3, -0.25) is 14.9 Å². The van der Waals surface area contributed by atoms with Crippen LogP contribution in [0.25, 0.3) is 0 Å². The molecule has 23 heavy (non-hydrogen) atoms. The van der Waals surface area contributed by atoms with E-state index in [1.165, 1.54) is 17.8 Å². The van der Waals surface area contributed by atoms with Gasteiger partial charge in [0, 0.05) is 18.2 Å². The van der Waals surface area contributed by atoms with E-state index < -0.39 is 4.92 Å². The third kappa shape index (κ3) is 6.58. The van der Waals surface area contributed by atoms with Gasteiger partial charge in [-0.15, -0.1) is 11.8 Å². The Morgan fingerprint density at radius 2 is 2.09 bits per heavy atom. The summed E-state index contributed by atoms with van der Waals surface area (Å²) in [5.41, 5.74) is 5.79. The Morgan fingerprint density at radius 1 is 1.39 bits per heavy atom. The van der Waals surface area contributed by atoms with E-state index in [0.29, 0.717) is 29.5 Å². The number of nitro groups is 1. The molecule has 1 unspecified atom stereocenters. The smallest absolute Gasteiger partial charge is 0.283 e. The number of hydrogen-bond acceptors (Lipinski definition) is 5. The first-order chi connectivity index (χ1) is 10.8. The Labute approximate surface area is 141 Å². The molecule has 0 saturated carbocycles. The largest absolute Gasteiger partial charge is 0.352 e. The van der Waals surface area contributed by atoms with Crippen LogP contribution in [0.1, 0.15) is 37.6 Å². The second kappa shape index (κ2) is 9.52. The number of thioether (sulfide) groups is 1. The van der Waals surface area contributed by atoms with E-state index in [9.17, 15) is 14.9 Å². The van der Waals surface area contributed by atoms with Gasteiger partial charge >= 0.3 is 0 Å². The van der Waals surface area contributed by atoms with E-state index >= 15 is 0 Å². The fourth-order valence-corrected chi connectivity index (χ4v) is 3.04. The van der Waals surface area contributed by atoms with E-state index in [-0.39, 0.29) is 17.5 Å². The number of amides is 1. The Balaban J connectivity index is 2.82. The molecule has 0 radical (unpaired) electrons. The van der Waals surface area contributed by atoms with Gasteiger partial charge in [-0.2, -0.15) is 0 Å². The maximum Gasteiger partial charge on any atom is 0.283 e. The van der Waals surface area contributed by atoms with Crippen LogP contribution in [0, 0.1) is 22.0 Å². The highest BCUT2D eigenvalue weighted by Crippen LogP contribution is 2.31. The second-order valence-electron chi connectivity index (χ2n) is 6.02. The lowest BCUT2D eigenvalue weighted by atomic mass is 10.1. The molecule has 0 heterocycles. The molecule has 1 atom stereocenters. The molecule has 1 aromatic carbocycles. The van der Waals surface area contributed by atoms with Crippen LogP contribution in [0.15, 0.2) is 23.1 Å². The third-order valence-corrected chi connectivity index (χ3v) is 4.48. The minimum atomic E-state index is -0.434. The van der Waals surface area contributed by atoms with E-state index in [1.54, 1.807) is 12.1 Å². The summed E-state index contributed by atoms with van der Waals surface area (Å²) in [6.45, 7) is 7.09. The van der Waals surface area contributed by atoms with Crippen molar-refractivity contribution < 1.29 is 9.72 Å². The number of benzene rings is 1. The van der Waals surface area contributed by atoms with Gasteiger partial charge in [0.25, 0.3) is 11.6 Å². The van der Waals surface area contributed by atoms with Crippen LogP contribution >= 0.6 is 11.8 Å². The van der Waals surface area contributed by atoms with Crippen LogP contribution in [-0.2, 0) is 0 Å². The number of carbonyl (C=O) groups is 1. The number of nitrogens with zero attached hydrogens (tertiary/aromatic N) is 1. The molecule has 128 valence electrons. The molecule has 3 N–H and O–H groups in total. The quantitative estimate of drug-likeness (QED) is 0.409. The van der Waals surface area contributed by atoms with Crippen molar-refractivity contribution in [1.29, 1.82) is 0 Å². The number of hydrogen-bond donors (Lipinski definition) is 2. The Hall–Kier alpha value is -1.60. The molecule has 7 heteroatoms. The maximum atomic E-state index is 12.1. The molecular formula is C16H25N3O3S. The summed E-state index contributed by atoms with van der Waals surface area (Å²) in [5.74, 6) is 1.22. The molecule has 0 aromatic heterocycles. The van der Waals surface area contributed by atoms with Gasteiger partial charge in [-0.05, 0) is 42.7 Å². The normalized spacial score (nSPS) is 12.2. The lowest BCUT2D eigenvalue weighted by Crippen LogP contribution is -2.31. The fourth-order valence-electron chi connectivity index (χ4n) is 1.78. The van der Waals surface area contributed by atoms with Crippen molar-refractivity contribution in [3.8, 4) is 0 Å². The average Bonchev–Trinajstić information content (AvgIpc) is 2.51. The molecule has 0 spiro atoms. The standard InChI is InChI=1S/C16H25N3O3S/c1-11(2)6-7-23-15-5-4-13(8-14(15)19(21)22)16(20)18-10-12(3)9-17/h4-5,8,11-12H,6-7,9-10,17H2,1-3H3,(H,18,20). The SMILES string of the molecule is CC(C)CCSc1ccc(C(=O)NCC(C)CN)cc1[N+](=O)[O-]. The first-order valence-electron chi connectivity index (χ1n) is 7.74. The summed E-state index contributed by atoms with van der Waals surface area (Å²) >= 11 is 1.46. The zero-order valence-electron chi connectivity index (χ0n) is 13.9. The van der Waals surface area contributed by atoms with E-state index in [0.717, 1.165) is 12.2 Å². The summed E-state index contributed by atoms with van der Waals surface area (Å²) in [6.07, 6.45) is 0.987. The van der Waals surface area contributed by atoms with Gasteiger partial charge in [-0.1, -0.05) is 20.8 Å². The highest BCUT2D eigenvalue weighted by molar-refractivity contribution is 7.99. The molecular weight excluding hydrogens is 314 g/mol. The van der Waals surface area contributed by atoms with E-state index in [1.807, 2.05) is 6.92 Å². The molecule has 1 rings (SSSR count). The lowest BCUT2D eigenvalue weighted by molar-refractivity contribution is -0.387. The molecule has 0 aliphatic rings. The van der Waals surface area contributed by atoms with Crippen molar-refractivity contribution in [3.63, 3.8) is 0 Å². The fraction of sp³-hybridized carbons (Fsp3) is 0.562. The predicted molar refractivity (Wildman–Crippen MR) is 93.8 cm³/mol. The Bertz CT molecular complexity index is 549. The Kier molecular flexibility index (Phi) is 8.05. The van der Waals surface area contributed by atoms with Gasteiger partial charge < -0.3 is 11.1 Å². The minimum Gasteiger partial charge on any atom is -0.352 e. The van der Waals surface area contributed by atoms with Crippen molar-refractivity contribution >= 4 is 23.4 Å². The zero-order valence-corrected chi connectivity index (χ0v) is 14.7. The number of nitrogens with one attached hydrogen (secondary N) is 1. The van der Waals surface area contributed by atoms with Crippen LogP contribution in [0.2, 0.25) is 0 Å². The minimum absolute atomic E-state index is 0.0155. The number of nitro benzene ring substituents is 1. The Morgan fingerprint density at radius 3 is 2.65 bits per heavy atom. The van der Waals surface area contributed by atoms with Gasteiger partial charge in [0.05, 0.1) is 9.82 Å². The van der Waals surface area contributed by atoms with Crippen LogP contribution in [0.3, 0.4) is 0 Å². The van der Waals surface area contributed by atoms with Crippen molar-refractivity contribution in [3.05, 3.63) is 33.9 Å². The first kappa shape index (κ1) is 19.4. The zero-order chi connectivity index (χ0) is 17.4. The predicted octanol–water partition coefficient (Wildman–Crippen LogP) is 3.06. The third-order valence-electron chi connectivity index (χ3n) is 3.38. The van der Waals surface area contributed by atoms with Crippen LogP contribution in [0.5, 0.6) is 0 Å². The summed E-state index contributed by atoms with van der Waals surface area (Å²) in [7, 11) is 0. The van der Waals surface area contributed by atoms with Gasteiger partial charge in [0.15, 0.2) is 0 Å². The highest BCUT2D eigenvalue weighted by atomic mass is 32.2. The van der Waals surface area contributed by atoms with Crippen molar-refractivity contribution in [2.45, 2.75) is 32.1 Å². The summed E-state index contributed by atoms with van der Waals surface area (Å²) < 4.78 is 0. The number of carbonyl (C=O) groups excluding carboxylic acids is 1. The van der Waals surface area contributed by atoms with Crippen molar-refractivity contribution in [1.82, 2.24) is 5.32 Å². The molecule has 0 aliphatic heterocycles. The maximum absolute atomic E-state index is 12.1. The van der Waals surface area contributed by atoms with E-state index in [2.05, 4.69) is 19.2 Å². The highest BCUT2D eigenvalue weighted by Gasteiger charge is 2.18. The monoisotopic (exact) mass is 339 g/mol.